The first kappa shape index (κ1) is 31.0. The molecule has 0 aliphatic carbocycles. The van der Waals surface area contributed by atoms with Crippen LogP contribution in [0, 0.1) is 0 Å². The normalized spacial score (nSPS) is 12.4. The number of ether oxygens (including phenoxy) is 1. The van der Waals surface area contributed by atoms with E-state index < -0.39 is 0 Å². The number of nitrogens with one attached hydrogen (secondary N) is 2. The summed E-state index contributed by atoms with van der Waals surface area (Å²) in [6.45, 7) is 0. The second kappa shape index (κ2) is 13.0. The standard InChI is InChI=1S/C46H32N4O2/c1-52-40-28-39(51)45-43(31-18-10-4-11-19-31)37-26-24-35(48-37)41(29-14-6-2-7-15-29)33-22-23-34(47-33)42(30-16-8-3-9-17-30)36-25-27-38(49-36)44(46(40)50-45)32-20-12-5-13-21-32/h2-28,47,49H,1H3. The zero-order valence-corrected chi connectivity index (χ0v) is 28.3. The van der Waals surface area contributed by atoms with Crippen LogP contribution in [0.4, 0.5) is 0 Å². The van der Waals surface area contributed by atoms with Gasteiger partial charge in [0.2, 0.25) is 5.78 Å². The van der Waals surface area contributed by atoms with Crippen LogP contribution in [-0.2, 0) is 4.74 Å². The lowest BCUT2D eigenvalue weighted by atomic mass is 9.96. The van der Waals surface area contributed by atoms with Gasteiger partial charge in [-0.15, -0.1) is 0 Å². The van der Waals surface area contributed by atoms with Crippen molar-refractivity contribution in [1.82, 2.24) is 19.9 Å². The number of aromatic nitrogens is 4. The van der Waals surface area contributed by atoms with Crippen LogP contribution in [0.25, 0.3) is 84.5 Å². The molecule has 0 fully saturated rings. The first-order chi connectivity index (χ1) is 25.7. The van der Waals surface area contributed by atoms with E-state index >= 15 is 0 Å². The molecule has 2 aliphatic heterocycles. The Bertz CT molecular complexity index is 2710. The number of carbonyl (C=O) groups excluding carboxylic acids is 1. The highest BCUT2D eigenvalue weighted by atomic mass is 16.5. The predicted molar refractivity (Wildman–Crippen MR) is 211 cm³/mol. The molecule has 0 radical (unpaired) electrons. The lowest BCUT2D eigenvalue weighted by Gasteiger charge is -2.16. The number of fused-ring (bicyclic) bond motifs is 8. The fraction of sp³-hybridized carbons (Fsp3) is 0.0217. The number of ketones is 1. The quantitative estimate of drug-likeness (QED) is 0.191. The van der Waals surface area contributed by atoms with E-state index in [1.165, 1.54) is 0 Å². The Kier molecular flexibility index (Phi) is 7.75. The molecule has 4 aromatic carbocycles. The van der Waals surface area contributed by atoms with Gasteiger partial charge in [-0.25, -0.2) is 9.97 Å². The Labute approximate surface area is 300 Å². The van der Waals surface area contributed by atoms with E-state index in [9.17, 15) is 4.79 Å². The van der Waals surface area contributed by atoms with Gasteiger partial charge in [0.1, 0.15) is 17.1 Å². The van der Waals surface area contributed by atoms with Crippen LogP contribution in [0.5, 0.6) is 0 Å². The molecule has 0 saturated heterocycles. The fourth-order valence-corrected chi connectivity index (χ4v) is 7.15. The summed E-state index contributed by atoms with van der Waals surface area (Å²) >= 11 is 0. The fourth-order valence-electron chi connectivity index (χ4n) is 7.15. The van der Waals surface area contributed by atoms with Crippen molar-refractivity contribution in [3.63, 3.8) is 0 Å². The summed E-state index contributed by atoms with van der Waals surface area (Å²) in [4.78, 5) is 32.2. The van der Waals surface area contributed by atoms with Crippen LogP contribution in [0.15, 0.2) is 152 Å². The van der Waals surface area contributed by atoms with Crippen LogP contribution in [0.3, 0.4) is 0 Å². The highest BCUT2D eigenvalue weighted by Gasteiger charge is 2.26. The minimum absolute atomic E-state index is 0.259. The van der Waals surface area contributed by atoms with E-state index in [0.717, 1.165) is 66.7 Å². The third-order valence-corrected chi connectivity index (χ3v) is 9.50. The van der Waals surface area contributed by atoms with Crippen LogP contribution >= 0.6 is 0 Å². The van der Waals surface area contributed by atoms with Crippen molar-refractivity contribution in [2.45, 2.75) is 0 Å². The molecule has 9 rings (SSSR count). The monoisotopic (exact) mass is 672 g/mol. The molecule has 5 heterocycles. The topological polar surface area (TPSA) is 83.7 Å². The van der Waals surface area contributed by atoms with Gasteiger partial charge in [-0.2, -0.15) is 0 Å². The molecule has 6 heteroatoms. The van der Waals surface area contributed by atoms with Gasteiger partial charge in [0, 0.05) is 50.4 Å². The summed E-state index contributed by atoms with van der Waals surface area (Å²) in [6, 6.07) is 49.0. The number of rotatable bonds is 5. The maximum Gasteiger partial charge on any atom is 0.208 e. The zero-order valence-electron chi connectivity index (χ0n) is 28.3. The van der Waals surface area contributed by atoms with Crippen molar-refractivity contribution < 1.29 is 9.53 Å². The number of hydrogen-bond donors (Lipinski definition) is 2. The van der Waals surface area contributed by atoms with Gasteiger partial charge in [-0.3, -0.25) is 4.79 Å². The highest BCUT2D eigenvalue weighted by molar-refractivity contribution is 6.14. The summed E-state index contributed by atoms with van der Waals surface area (Å²) in [5.41, 5.74) is 13.1. The maximum atomic E-state index is 14.2. The average Bonchev–Trinajstić information content (AvgIpc) is 3.98. The van der Waals surface area contributed by atoms with Crippen molar-refractivity contribution in [3.8, 4) is 44.5 Å². The van der Waals surface area contributed by atoms with Gasteiger partial charge in [0.15, 0.2) is 0 Å². The second-order valence-corrected chi connectivity index (χ2v) is 12.6. The lowest BCUT2D eigenvalue weighted by Crippen LogP contribution is -2.11. The summed E-state index contributed by atoms with van der Waals surface area (Å²) < 4.78 is 5.92. The number of H-pyrrole nitrogens is 2. The minimum Gasteiger partial charge on any atom is -0.494 e. The molecule has 0 unspecified atom stereocenters. The number of methoxy groups -OCH3 is 1. The molecule has 2 N–H and O–H groups in total. The molecule has 248 valence electrons. The average molecular weight is 673 g/mol. The molecule has 6 nitrogen and oxygen atoms in total. The van der Waals surface area contributed by atoms with E-state index in [1.54, 1.807) is 13.2 Å². The van der Waals surface area contributed by atoms with Crippen LogP contribution in [0.2, 0.25) is 0 Å². The highest BCUT2D eigenvalue weighted by Crippen LogP contribution is 2.39. The molecule has 8 bridgehead atoms. The Morgan fingerprint density at radius 2 is 0.846 bits per heavy atom. The Morgan fingerprint density at radius 1 is 0.442 bits per heavy atom. The van der Waals surface area contributed by atoms with Gasteiger partial charge >= 0.3 is 0 Å². The van der Waals surface area contributed by atoms with Crippen LogP contribution < -0.4 is 0 Å². The van der Waals surface area contributed by atoms with Gasteiger partial charge in [-0.05, 0) is 58.7 Å². The molecule has 0 spiro atoms. The van der Waals surface area contributed by atoms with Crippen molar-refractivity contribution in [3.05, 3.63) is 174 Å². The molecule has 7 aromatic rings. The minimum atomic E-state index is -0.259. The molecule has 2 aliphatic rings. The number of allylic oxidation sites excluding steroid dienone is 1. The number of benzene rings is 4. The molecule has 0 saturated carbocycles. The molecule has 0 atom stereocenters. The number of hydrogen-bond acceptors (Lipinski definition) is 4. The third kappa shape index (κ3) is 5.43. The van der Waals surface area contributed by atoms with Gasteiger partial charge in [-0.1, -0.05) is 121 Å². The summed E-state index contributed by atoms with van der Waals surface area (Å²) in [5, 5.41) is 0. The summed E-state index contributed by atoms with van der Waals surface area (Å²) in [6.07, 6.45) is 5.55. The van der Waals surface area contributed by atoms with E-state index in [2.05, 4.69) is 70.6 Å². The van der Waals surface area contributed by atoms with E-state index in [-0.39, 0.29) is 5.78 Å². The van der Waals surface area contributed by atoms with Gasteiger partial charge in [0.05, 0.1) is 18.5 Å². The Hall–Kier alpha value is -7.05. The van der Waals surface area contributed by atoms with Crippen molar-refractivity contribution >= 4 is 45.8 Å². The van der Waals surface area contributed by atoms with Crippen LogP contribution in [-0.4, -0.2) is 32.8 Å². The number of carbonyl (C=O) groups is 1. The SMILES string of the molecule is COC1=CC(=O)c2nc1c(-c1ccccc1)c1ccc([nH]1)c(-c1ccccc1)c1ccc([nH]1)c(-c1ccccc1)c1nc(c2-c2ccccc2)C=C1. The Morgan fingerprint density at radius 3 is 1.35 bits per heavy atom. The van der Waals surface area contributed by atoms with Crippen LogP contribution in [0.1, 0.15) is 27.6 Å². The van der Waals surface area contributed by atoms with E-state index in [4.69, 9.17) is 14.7 Å². The Balaban J connectivity index is 1.53. The zero-order chi connectivity index (χ0) is 35.0. The number of aromatic amines is 2. The lowest BCUT2D eigenvalue weighted by molar-refractivity contribution is 0.103. The van der Waals surface area contributed by atoms with Crippen molar-refractivity contribution in [1.29, 1.82) is 0 Å². The number of nitrogens with zero attached hydrogens (tertiary/aromatic N) is 2. The second-order valence-electron chi connectivity index (χ2n) is 12.6. The summed E-state index contributed by atoms with van der Waals surface area (Å²) in [5.74, 6) is 0.125. The van der Waals surface area contributed by atoms with E-state index in [1.807, 2.05) is 97.1 Å². The molecule has 52 heavy (non-hydrogen) atoms. The smallest absolute Gasteiger partial charge is 0.208 e. The largest absolute Gasteiger partial charge is 0.494 e. The first-order valence-corrected chi connectivity index (χ1v) is 17.2. The molecular formula is C46H32N4O2. The van der Waals surface area contributed by atoms with Crippen molar-refractivity contribution in [2.75, 3.05) is 7.11 Å². The summed E-state index contributed by atoms with van der Waals surface area (Å²) in [7, 11) is 1.58. The van der Waals surface area contributed by atoms with Gasteiger partial charge in [0.25, 0.3) is 0 Å². The van der Waals surface area contributed by atoms with Crippen molar-refractivity contribution in [2.24, 2.45) is 0 Å². The molecule has 3 aromatic heterocycles. The predicted octanol–water partition coefficient (Wildman–Crippen LogP) is 11.0. The van der Waals surface area contributed by atoms with Gasteiger partial charge < -0.3 is 14.7 Å². The maximum absolute atomic E-state index is 14.2. The third-order valence-electron chi connectivity index (χ3n) is 9.50. The first-order valence-electron chi connectivity index (χ1n) is 17.2. The molecule has 0 amide bonds. The van der Waals surface area contributed by atoms with E-state index in [0.29, 0.717) is 28.4 Å². The molecular weight excluding hydrogens is 641 g/mol.